The molecule has 0 aromatic heterocycles. The first kappa shape index (κ1) is 8.37. The van der Waals surface area contributed by atoms with Gasteiger partial charge >= 0.3 is 0 Å². The van der Waals surface area contributed by atoms with Gasteiger partial charge < -0.3 is 5.73 Å². The van der Waals surface area contributed by atoms with Crippen LogP contribution in [0.5, 0.6) is 0 Å². The van der Waals surface area contributed by atoms with E-state index >= 15 is 0 Å². The molecular formula is C6H8N4. The van der Waals surface area contributed by atoms with Gasteiger partial charge in [0.15, 0.2) is 0 Å². The van der Waals surface area contributed by atoms with Gasteiger partial charge in [-0.3, -0.25) is 5.41 Å². The van der Waals surface area contributed by atoms with E-state index in [4.69, 9.17) is 23.1 Å². The molecule has 0 aliphatic carbocycles. The quantitative estimate of drug-likeness (QED) is 0.228. The average Bonchev–Trinajstić information content (AvgIpc) is 1.89. The maximum absolute atomic E-state index is 6.86. The summed E-state index contributed by atoms with van der Waals surface area (Å²) in [5.74, 6) is 2.08. The summed E-state index contributed by atoms with van der Waals surface area (Å²) in [6, 6.07) is 0. The number of nitrogens with zero attached hydrogens (tertiary/aromatic N) is 1. The highest BCUT2D eigenvalue weighted by Gasteiger charge is 1.94. The van der Waals surface area contributed by atoms with Crippen molar-refractivity contribution in [3.8, 4) is 12.3 Å². The Bertz CT molecular complexity index is 208. The normalized spacial score (nSPS) is 10.1. The number of hydrogen-bond acceptors (Lipinski definition) is 3. The average molecular weight is 136 g/mol. The van der Waals surface area contributed by atoms with E-state index in [1.807, 2.05) is 0 Å². The molecule has 10 heavy (non-hydrogen) atoms. The fourth-order valence-electron chi connectivity index (χ4n) is 0.371. The molecule has 4 heteroatoms. The summed E-state index contributed by atoms with van der Waals surface area (Å²) in [7, 11) is 0. The van der Waals surface area contributed by atoms with Crippen LogP contribution in [0.2, 0.25) is 0 Å². The van der Waals surface area contributed by atoms with E-state index in [-0.39, 0.29) is 11.5 Å². The van der Waals surface area contributed by atoms with E-state index in [1.54, 1.807) is 0 Å². The number of amidine groups is 1. The molecule has 0 spiro atoms. The second-order valence-electron chi connectivity index (χ2n) is 1.52. The molecule has 0 aromatic rings. The van der Waals surface area contributed by atoms with Crippen LogP contribution in [0.3, 0.4) is 0 Å². The molecule has 0 amide bonds. The van der Waals surface area contributed by atoms with Crippen LogP contribution in [0, 0.1) is 23.3 Å². The van der Waals surface area contributed by atoms with Crippen LogP contribution in [0.15, 0.2) is 16.9 Å². The Kier molecular flexibility index (Phi) is 3.57. The maximum Gasteiger partial charge on any atom is 0.143 e. The van der Waals surface area contributed by atoms with Crippen molar-refractivity contribution in [2.75, 3.05) is 0 Å². The fourth-order valence-corrected chi connectivity index (χ4v) is 0.371. The molecule has 0 heterocycles. The lowest BCUT2D eigenvalue weighted by Gasteiger charge is -1.91. The predicted octanol–water partition coefficient (Wildman–Crippen LogP) is 0.861. The lowest BCUT2D eigenvalue weighted by molar-refractivity contribution is 1.08. The molecule has 0 aliphatic heterocycles. The Hall–Kier alpha value is -1.63. The molecule has 0 rings (SSSR count). The minimum Gasteiger partial charge on any atom is -0.382 e. The van der Waals surface area contributed by atoms with Crippen molar-refractivity contribution >= 4 is 5.84 Å². The zero-order chi connectivity index (χ0) is 7.98. The van der Waals surface area contributed by atoms with Gasteiger partial charge in [0.1, 0.15) is 11.5 Å². The van der Waals surface area contributed by atoms with E-state index in [9.17, 15) is 0 Å². The van der Waals surface area contributed by atoms with Crippen molar-refractivity contribution in [1.82, 2.24) is 0 Å². The summed E-state index contributed by atoms with van der Waals surface area (Å²) in [4.78, 5) is 0. The summed E-state index contributed by atoms with van der Waals surface area (Å²) < 4.78 is 0. The van der Waals surface area contributed by atoms with Crippen LogP contribution < -0.4 is 5.73 Å². The van der Waals surface area contributed by atoms with E-state index in [0.29, 0.717) is 6.42 Å². The minimum absolute atomic E-state index is 0.123. The molecule has 0 unspecified atom stereocenters. The van der Waals surface area contributed by atoms with Gasteiger partial charge in [0.2, 0.25) is 0 Å². The van der Waals surface area contributed by atoms with Crippen molar-refractivity contribution in [2.24, 2.45) is 10.8 Å². The van der Waals surface area contributed by atoms with Gasteiger partial charge in [0.25, 0.3) is 0 Å². The van der Waals surface area contributed by atoms with Crippen LogP contribution >= 0.6 is 0 Å². The van der Waals surface area contributed by atoms with E-state index in [1.165, 1.54) is 6.08 Å². The molecule has 4 nitrogen and oxygen atoms in total. The molecule has 0 atom stereocenters. The standard InChI is InChI=1S/C6H8N4/c1-2-3-4-5(10-9)6(7)8/h1,4,9H,3H2,(H3,7,8)/b5-4-,10-9?. The zero-order valence-corrected chi connectivity index (χ0v) is 5.39. The Morgan fingerprint density at radius 1 is 1.80 bits per heavy atom. The van der Waals surface area contributed by atoms with Gasteiger partial charge in [-0.25, -0.2) is 5.53 Å². The highest BCUT2D eigenvalue weighted by atomic mass is 15.0. The van der Waals surface area contributed by atoms with Crippen LogP contribution in [-0.2, 0) is 0 Å². The Morgan fingerprint density at radius 3 is 2.70 bits per heavy atom. The first-order valence-electron chi connectivity index (χ1n) is 2.58. The Balaban J connectivity index is 4.22. The molecule has 0 saturated heterocycles. The van der Waals surface area contributed by atoms with Gasteiger partial charge in [-0.2, -0.15) is 5.11 Å². The number of allylic oxidation sites excluding steroid dienone is 1. The lowest BCUT2D eigenvalue weighted by atomic mass is 10.3. The van der Waals surface area contributed by atoms with Gasteiger partial charge in [-0.1, -0.05) is 0 Å². The zero-order valence-electron chi connectivity index (χ0n) is 5.39. The maximum atomic E-state index is 6.86. The lowest BCUT2D eigenvalue weighted by Crippen LogP contribution is -2.10. The van der Waals surface area contributed by atoms with Crippen LogP contribution in [0.1, 0.15) is 6.42 Å². The smallest absolute Gasteiger partial charge is 0.143 e. The molecule has 0 radical (unpaired) electrons. The number of nitrogens with two attached hydrogens (primary N) is 1. The van der Waals surface area contributed by atoms with Crippen molar-refractivity contribution in [1.29, 1.82) is 10.9 Å². The Morgan fingerprint density at radius 2 is 2.40 bits per heavy atom. The molecular weight excluding hydrogens is 128 g/mol. The van der Waals surface area contributed by atoms with Crippen molar-refractivity contribution in [2.45, 2.75) is 6.42 Å². The second-order valence-corrected chi connectivity index (χ2v) is 1.52. The summed E-state index contributed by atoms with van der Waals surface area (Å²) in [5.41, 5.74) is 11.7. The summed E-state index contributed by atoms with van der Waals surface area (Å²) in [6.07, 6.45) is 6.72. The van der Waals surface area contributed by atoms with E-state index in [0.717, 1.165) is 0 Å². The number of terminal acetylenes is 1. The van der Waals surface area contributed by atoms with Crippen LogP contribution in [0.4, 0.5) is 0 Å². The summed E-state index contributed by atoms with van der Waals surface area (Å²) in [5, 5.41) is 9.85. The highest BCUT2D eigenvalue weighted by molar-refractivity contribution is 5.93. The van der Waals surface area contributed by atoms with Gasteiger partial charge in [0.05, 0.1) is 0 Å². The van der Waals surface area contributed by atoms with Crippen LogP contribution in [-0.4, -0.2) is 5.84 Å². The number of rotatable bonds is 3. The van der Waals surface area contributed by atoms with Gasteiger partial charge in [-0.05, 0) is 6.08 Å². The molecule has 52 valence electrons. The van der Waals surface area contributed by atoms with Crippen molar-refractivity contribution in [3.05, 3.63) is 11.8 Å². The third-order valence-corrected chi connectivity index (χ3v) is 0.810. The fraction of sp³-hybridized carbons (Fsp3) is 0.167. The Labute approximate surface area is 59.1 Å². The first-order chi connectivity index (χ1) is 4.72. The second kappa shape index (κ2) is 4.27. The summed E-state index contributed by atoms with van der Waals surface area (Å²) >= 11 is 0. The van der Waals surface area contributed by atoms with Crippen molar-refractivity contribution in [3.63, 3.8) is 0 Å². The summed E-state index contributed by atoms with van der Waals surface area (Å²) in [6.45, 7) is 0. The third kappa shape index (κ3) is 2.62. The molecule has 0 fully saturated rings. The SMILES string of the molecule is C#CC/C=C(\N=N)C(=N)N. The molecule has 0 aliphatic rings. The van der Waals surface area contributed by atoms with Gasteiger partial charge in [-0.15, -0.1) is 12.3 Å². The van der Waals surface area contributed by atoms with E-state index < -0.39 is 0 Å². The molecule has 0 bridgehead atoms. The number of nitrogens with one attached hydrogen (secondary N) is 2. The highest BCUT2D eigenvalue weighted by Crippen LogP contribution is 1.95. The van der Waals surface area contributed by atoms with E-state index in [2.05, 4.69) is 11.0 Å². The molecule has 4 N–H and O–H groups in total. The third-order valence-electron chi connectivity index (χ3n) is 0.810. The van der Waals surface area contributed by atoms with Crippen molar-refractivity contribution < 1.29 is 0 Å². The van der Waals surface area contributed by atoms with Gasteiger partial charge in [0, 0.05) is 6.42 Å². The monoisotopic (exact) mass is 136 g/mol. The number of hydrogen-bond donors (Lipinski definition) is 3. The predicted molar refractivity (Wildman–Crippen MR) is 38.6 cm³/mol. The van der Waals surface area contributed by atoms with Crippen LogP contribution in [0.25, 0.3) is 0 Å². The molecule has 0 aromatic carbocycles. The molecule has 0 saturated carbocycles. The first-order valence-corrected chi connectivity index (χ1v) is 2.58. The topological polar surface area (TPSA) is 86.1 Å². The minimum atomic E-state index is -0.231. The largest absolute Gasteiger partial charge is 0.382 e.